The number of hydrogen-bond acceptors (Lipinski definition) is 5. The van der Waals surface area contributed by atoms with Crippen molar-refractivity contribution in [2.75, 3.05) is 31.1 Å². The number of carbonyl (C=O) groups is 1. The van der Waals surface area contributed by atoms with E-state index in [-0.39, 0.29) is 17.6 Å². The molecule has 7 heteroatoms. The number of pyridine rings is 1. The van der Waals surface area contributed by atoms with Crippen molar-refractivity contribution in [3.63, 3.8) is 0 Å². The Bertz CT molecular complexity index is 1040. The third-order valence-corrected chi connectivity index (χ3v) is 6.05. The van der Waals surface area contributed by atoms with Crippen molar-refractivity contribution >= 4 is 22.7 Å². The Morgan fingerprint density at radius 2 is 1.86 bits per heavy atom. The maximum atomic E-state index is 13.4. The largest absolute Gasteiger partial charge is 0.357 e. The van der Waals surface area contributed by atoms with Crippen LogP contribution in [0.15, 0.2) is 41.1 Å². The number of carbonyl (C=O) groups excluding carboxylic acids is 1. The normalized spacial score (nSPS) is 18.0. The smallest absolute Gasteiger partial charge is 0.254 e. The Kier molecular flexibility index (Phi) is 4.66. The van der Waals surface area contributed by atoms with E-state index >= 15 is 0 Å². The first kappa shape index (κ1) is 18.1. The van der Waals surface area contributed by atoms with E-state index in [9.17, 15) is 9.18 Å². The van der Waals surface area contributed by atoms with Crippen molar-refractivity contribution in [1.82, 2.24) is 15.0 Å². The standard InChI is InChI=1S/C22H23FN4O2/c23-17-3-4-18-19(14-17)29-25-21(18)15-6-11-27(12-7-15)22(28)16-5-8-24-20(13-16)26-9-1-2-10-26/h3-5,8,13-15H,1-2,6-7,9-12H2. The number of benzene rings is 1. The molecule has 6 nitrogen and oxygen atoms in total. The molecular weight excluding hydrogens is 371 g/mol. The van der Waals surface area contributed by atoms with Crippen LogP contribution in [0.25, 0.3) is 11.0 Å². The van der Waals surface area contributed by atoms with Crippen LogP contribution in [-0.4, -0.2) is 47.1 Å². The van der Waals surface area contributed by atoms with Gasteiger partial charge in [-0.05, 0) is 49.9 Å². The summed E-state index contributed by atoms with van der Waals surface area (Å²) < 4.78 is 18.7. The minimum atomic E-state index is -0.328. The minimum absolute atomic E-state index is 0.0541. The van der Waals surface area contributed by atoms with Gasteiger partial charge in [-0.15, -0.1) is 0 Å². The number of hydrogen-bond donors (Lipinski definition) is 0. The van der Waals surface area contributed by atoms with Gasteiger partial charge in [-0.25, -0.2) is 9.37 Å². The average Bonchev–Trinajstić information content (AvgIpc) is 3.43. The van der Waals surface area contributed by atoms with Gasteiger partial charge in [0.25, 0.3) is 5.91 Å². The number of nitrogens with zero attached hydrogens (tertiary/aromatic N) is 4. The fraction of sp³-hybridized carbons (Fsp3) is 0.409. The van der Waals surface area contributed by atoms with Crippen molar-refractivity contribution in [1.29, 1.82) is 0 Å². The lowest BCUT2D eigenvalue weighted by atomic mass is 9.91. The van der Waals surface area contributed by atoms with E-state index in [4.69, 9.17) is 4.52 Å². The summed E-state index contributed by atoms with van der Waals surface area (Å²) in [5.74, 6) is 0.831. The molecule has 150 valence electrons. The highest BCUT2D eigenvalue weighted by molar-refractivity contribution is 5.95. The minimum Gasteiger partial charge on any atom is -0.357 e. The highest BCUT2D eigenvalue weighted by Gasteiger charge is 2.28. The van der Waals surface area contributed by atoms with Crippen LogP contribution in [0.4, 0.5) is 10.2 Å². The molecule has 0 radical (unpaired) electrons. The fourth-order valence-electron chi connectivity index (χ4n) is 4.43. The molecule has 2 aromatic heterocycles. The second-order valence-corrected chi connectivity index (χ2v) is 7.87. The van der Waals surface area contributed by atoms with Crippen LogP contribution in [0.2, 0.25) is 0 Å². The molecule has 0 unspecified atom stereocenters. The number of halogens is 1. The SMILES string of the molecule is O=C(c1ccnc(N2CCCC2)c1)N1CCC(c2noc3cc(F)ccc23)CC1. The van der Waals surface area contributed by atoms with Gasteiger partial charge >= 0.3 is 0 Å². The predicted octanol–water partition coefficient (Wildman–Crippen LogP) is 3.98. The van der Waals surface area contributed by atoms with Crippen molar-refractivity contribution in [2.24, 2.45) is 0 Å². The molecule has 1 aromatic carbocycles. The van der Waals surface area contributed by atoms with Crippen LogP contribution in [0.3, 0.4) is 0 Å². The van der Waals surface area contributed by atoms with Gasteiger partial charge in [0.2, 0.25) is 0 Å². The lowest BCUT2D eigenvalue weighted by Gasteiger charge is -2.31. The van der Waals surface area contributed by atoms with Crippen LogP contribution >= 0.6 is 0 Å². The summed E-state index contributed by atoms with van der Waals surface area (Å²) in [5.41, 5.74) is 2.04. The molecule has 4 heterocycles. The van der Waals surface area contributed by atoms with Crippen LogP contribution < -0.4 is 4.90 Å². The summed E-state index contributed by atoms with van der Waals surface area (Å²) in [4.78, 5) is 21.6. The zero-order chi connectivity index (χ0) is 19.8. The van der Waals surface area contributed by atoms with Gasteiger partial charge in [-0.3, -0.25) is 4.79 Å². The monoisotopic (exact) mass is 394 g/mol. The van der Waals surface area contributed by atoms with Gasteiger partial charge in [0.1, 0.15) is 11.6 Å². The quantitative estimate of drug-likeness (QED) is 0.672. The van der Waals surface area contributed by atoms with Crippen LogP contribution in [0, 0.1) is 5.82 Å². The first-order chi connectivity index (χ1) is 14.2. The van der Waals surface area contributed by atoms with Gasteiger partial charge in [0.15, 0.2) is 5.58 Å². The first-order valence-electron chi connectivity index (χ1n) is 10.2. The summed E-state index contributed by atoms with van der Waals surface area (Å²) >= 11 is 0. The van der Waals surface area contributed by atoms with Crippen LogP contribution in [0.5, 0.6) is 0 Å². The number of rotatable bonds is 3. The van der Waals surface area contributed by atoms with Gasteiger partial charge in [-0.1, -0.05) is 5.16 Å². The average molecular weight is 394 g/mol. The van der Waals surface area contributed by atoms with E-state index in [2.05, 4.69) is 15.0 Å². The lowest BCUT2D eigenvalue weighted by Crippen LogP contribution is -2.38. The van der Waals surface area contributed by atoms with Gasteiger partial charge in [0.05, 0.1) is 5.69 Å². The highest BCUT2D eigenvalue weighted by atomic mass is 19.1. The van der Waals surface area contributed by atoms with Crippen molar-refractivity contribution in [2.45, 2.75) is 31.6 Å². The van der Waals surface area contributed by atoms with Gasteiger partial charge < -0.3 is 14.3 Å². The van der Waals surface area contributed by atoms with E-state index in [1.807, 2.05) is 11.0 Å². The molecule has 0 aliphatic carbocycles. The Labute approximate surface area is 168 Å². The second-order valence-electron chi connectivity index (χ2n) is 7.87. The molecule has 2 aliphatic rings. The number of anilines is 1. The molecule has 0 atom stereocenters. The molecule has 5 rings (SSSR count). The van der Waals surface area contributed by atoms with Gasteiger partial charge in [-0.2, -0.15) is 0 Å². The van der Waals surface area contributed by atoms with Crippen LogP contribution in [0.1, 0.15) is 47.7 Å². The zero-order valence-corrected chi connectivity index (χ0v) is 16.2. The Balaban J connectivity index is 1.28. The summed E-state index contributed by atoms with van der Waals surface area (Å²) in [7, 11) is 0. The maximum Gasteiger partial charge on any atom is 0.254 e. The van der Waals surface area contributed by atoms with Gasteiger partial charge in [0, 0.05) is 55.3 Å². The van der Waals surface area contributed by atoms with E-state index in [0.717, 1.165) is 42.8 Å². The molecule has 3 aromatic rings. The summed E-state index contributed by atoms with van der Waals surface area (Å²) in [5, 5.41) is 5.05. The van der Waals surface area contributed by atoms with Crippen LogP contribution in [-0.2, 0) is 0 Å². The third kappa shape index (κ3) is 3.45. The molecule has 2 saturated heterocycles. The molecule has 0 N–H and O–H groups in total. The molecule has 0 saturated carbocycles. The molecule has 29 heavy (non-hydrogen) atoms. The molecule has 0 spiro atoms. The summed E-state index contributed by atoms with van der Waals surface area (Å²) in [6, 6.07) is 8.24. The molecular formula is C22H23FN4O2. The topological polar surface area (TPSA) is 62.5 Å². The highest BCUT2D eigenvalue weighted by Crippen LogP contribution is 2.33. The number of piperidine rings is 1. The number of amides is 1. The fourth-order valence-corrected chi connectivity index (χ4v) is 4.43. The second kappa shape index (κ2) is 7.46. The molecule has 0 bridgehead atoms. The molecule has 2 aliphatic heterocycles. The summed E-state index contributed by atoms with van der Waals surface area (Å²) in [6.45, 7) is 3.35. The predicted molar refractivity (Wildman–Crippen MR) is 108 cm³/mol. The Hall–Kier alpha value is -2.96. The number of aromatic nitrogens is 2. The van der Waals surface area contributed by atoms with E-state index in [1.54, 1.807) is 18.3 Å². The first-order valence-corrected chi connectivity index (χ1v) is 10.2. The Morgan fingerprint density at radius 1 is 1.07 bits per heavy atom. The number of fused-ring (bicyclic) bond motifs is 1. The molecule has 2 fully saturated rings. The Morgan fingerprint density at radius 3 is 2.66 bits per heavy atom. The zero-order valence-electron chi connectivity index (χ0n) is 16.2. The summed E-state index contributed by atoms with van der Waals surface area (Å²) in [6.07, 6.45) is 5.71. The van der Waals surface area contributed by atoms with E-state index in [0.29, 0.717) is 24.2 Å². The van der Waals surface area contributed by atoms with Crippen molar-refractivity contribution < 1.29 is 13.7 Å². The lowest BCUT2D eigenvalue weighted by molar-refractivity contribution is 0.0711. The van der Waals surface area contributed by atoms with Crippen molar-refractivity contribution in [3.05, 3.63) is 53.6 Å². The van der Waals surface area contributed by atoms with Crippen molar-refractivity contribution in [3.8, 4) is 0 Å². The van der Waals surface area contributed by atoms with E-state index in [1.165, 1.54) is 25.0 Å². The third-order valence-electron chi connectivity index (χ3n) is 6.05. The maximum absolute atomic E-state index is 13.4. The number of likely N-dealkylation sites (tertiary alicyclic amines) is 1. The molecule has 1 amide bonds. The van der Waals surface area contributed by atoms with E-state index < -0.39 is 0 Å².